The number of nitrogens with one attached hydrogen (secondary N) is 1. The van der Waals surface area contributed by atoms with Gasteiger partial charge in [0, 0.05) is 33.9 Å². The molecular weight excluding hydrogens is 348 g/mol. The summed E-state index contributed by atoms with van der Waals surface area (Å²) >= 11 is 0. The van der Waals surface area contributed by atoms with Gasteiger partial charge in [-0.1, -0.05) is 6.07 Å². The number of aryl methyl sites for hydroxylation is 1. The van der Waals surface area contributed by atoms with Crippen LogP contribution in [-0.2, 0) is 9.84 Å². The van der Waals surface area contributed by atoms with Crippen molar-refractivity contribution in [2.24, 2.45) is 0 Å². The van der Waals surface area contributed by atoms with Crippen LogP contribution in [0, 0.1) is 6.92 Å². The maximum Gasteiger partial charge on any atom is 0.203 e. The van der Waals surface area contributed by atoms with Crippen LogP contribution in [-0.4, -0.2) is 18.5 Å². The number of nitrogens with zero attached hydrogens (tertiary/aromatic N) is 1. The zero-order valence-electron chi connectivity index (χ0n) is 14.7. The molecule has 1 aliphatic rings. The van der Waals surface area contributed by atoms with E-state index in [1.54, 1.807) is 37.4 Å². The summed E-state index contributed by atoms with van der Waals surface area (Å²) < 4.78 is 25.3. The lowest BCUT2D eigenvalue weighted by atomic mass is 10.0. The van der Waals surface area contributed by atoms with Crippen molar-refractivity contribution in [2.45, 2.75) is 25.7 Å². The molecule has 0 aliphatic carbocycles. The summed E-state index contributed by atoms with van der Waals surface area (Å²) in [6, 6.07) is 10.4. The van der Waals surface area contributed by atoms with Crippen LogP contribution < -0.4 is 5.32 Å². The predicted octanol–water partition coefficient (Wildman–Crippen LogP) is 4.53. The highest BCUT2D eigenvalue weighted by atomic mass is 32.2. The Balaban J connectivity index is 1.92. The van der Waals surface area contributed by atoms with Gasteiger partial charge in [0.2, 0.25) is 9.84 Å². The van der Waals surface area contributed by atoms with Gasteiger partial charge in [0.15, 0.2) is 0 Å². The second kappa shape index (κ2) is 5.57. The molecule has 0 saturated carbocycles. The average Bonchev–Trinajstić information content (AvgIpc) is 2.77. The van der Waals surface area contributed by atoms with E-state index < -0.39 is 9.84 Å². The number of phenols is 1. The summed E-state index contributed by atoms with van der Waals surface area (Å²) in [4.78, 5) is 5.11. The van der Waals surface area contributed by atoms with Gasteiger partial charge in [-0.15, -0.1) is 0 Å². The molecule has 0 amide bonds. The number of fused-ring (bicyclic) bond motifs is 2. The largest absolute Gasteiger partial charge is 0.508 e. The molecule has 0 bridgehead atoms. The van der Waals surface area contributed by atoms with Gasteiger partial charge >= 0.3 is 0 Å². The Bertz CT molecular complexity index is 1210. The number of allylic oxidation sites excluding steroid dienone is 2. The van der Waals surface area contributed by atoms with E-state index in [1.165, 1.54) is 0 Å². The number of sulfone groups is 1. The van der Waals surface area contributed by atoms with Crippen LogP contribution in [0.4, 0.5) is 11.4 Å². The summed E-state index contributed by atoms with van der Waals surface area (Å²) in [5, 5.41) is 13.8. The van der Waals surface area contributed by atoms with Gasteiger partial charge in [-0.3, -0.25) is 4.98 Å². The SMILES string of the molecule is CC1=C(C)S(=O)(=O)c2cc3c(Nc4cc(O)ccc4C)ccnc3cc21. The lowest BCUT2D eigenvalue weighted by molar-refractivity contribution is 0.475. The van der Waals surface area contributed by atoms with E-state index in [9.17, 15) is 13.5 Å². The molecule has 132 valence electrons. The molecule has 3 aromatic rings. The number of aromatic nitrogens is 1. The molecule has 1 aromatic heterocycles. The van der Waals surface area contributed by atoms with Gasteiger partial charge in [0.05, 0.1) is 10.4 Å². The van der Waals surface area contributed by atoms with Gasteiger partial charge in [-0.2, -0.15) is 0 Å². The molecule has 0 atom stereocenters. The van der Waals surface area contributed by atoms with Gasteiger partial charge in [-0.05, 0) is 61.7 Å². The summed E-state index contributed by atoms with van der Waals surface area (Å²) in [7, 11) is -3.45. The molecule has 0 fully saturated rings. The van der Waals surface area contributed by atoms with Crippen LogP contribution in [0.1, 0.15) is 25.0 Å². The lowest BCUT2D eigenvalue weighted by Gasteiger charge is -2.13. The Morgan fingerprint density at radius 1 is 1.00 bits per heavy atom. The number of benzene rings is 2. The van der Waals surface area contributed by atoms with E-state index in [-0.39, 0.29) is 5.75 Å². The molecule has 26 heavy (non-hydrogen) atoms. The van der Waals surface area contributed by atoms with E-state index in [2.05, 4.69) is 10.3 Å². The number of hydrogen-bond donors (Lipinski definition) is 2. The van der Waals surface area contributed by atoms with Crippen LogP contribution in [0.15, 0.2) is 52.4 Å². The topological polar surface area (TPSA) is 79.3 Å². The highest BCUT2D eigenvalue weighted by molar-refractivity contribution is 7.95. The minimum Gasteiger partial charge on any atom is -0.508 e. The molecule has 0 radical (unpaired) electrons. The van der Waals surface area contributed by atoms with Crippen molar-refractivity contribution in [1.82, 2.24) is 4.98 Å². The molecule has 2 aromatic carbocycles. The molecule has 6 heteroatoms. The summed E-state index contributed by atoms with van der Waals surface area (Å²) in [5.41, 5.74) is 4.67. The standard InChI is InChI=1S/C20H18N2O3S/c1-11-4-5-14(23)8-18(11)22-17-6-7-21-19-9-15-12(2)13(3)26(24,25)20(15)10-16(17)19/h4-10,23H,1-3H3,(H,21,22). The maximum atomic E-state index is 12.7. The molecule has 2 N–H and O–H groups in total. The summed E-state index contributed by atoms with van der Waals surface area (Å²) in [5.74, 6) is 0.162. The smallest absolute Gasteiger partial charge is 0.203 e. The van der Waals surface area contributed by atoms with E-state index in [0.717, 1.165) is 33.4 Å². The lowest BCUT2D eigenvalue weighted by Crippen LogP contribution is -2.00. The Morgan fingerprint density at radius 2 is 1.77 bits per heavy atom. The third-order valence-corrected chi connectivity index (χ3v) is 6.99. The molecule has 4 rings (SSSR count). The van der Waals surface area contributed by atoms with Crippen LogP contribution in [0.3, 0.4) is 0 Å². The third-order valence-electron chi connectivity index (χ3n) is 4.96. The first kappa shape index (κ1) is 16.6. The van der Waals surface area contributed by atoms with Crippen molar-refractivity contribution in [3.63, 3.8) is 0 Å². The zero-order valence-corrected chi connectivity index (χ0v) is 15.5. The fourth-order valence-corrected chi connectivity index (χ4v) is 4.86. The first-order valence-electron chi connectivity index (χ1n) is 8.21. The Kier molecular flexibility index (Phi) is 3.56. The molecule has 2 heterocycles. The normalized spacial score (nSPS) is 15.3. The monoisotopic (exact) mass is 366 g/mol. The summed E-state index contributed by atoms with van der Waals surface area (Å²) in [6.45, 7) is 5.39. The molecular formula is C20H18N2O3S. The van der Waals surface area contributed by atoms with Crippen molar-refractivity contribution in [3.8, 4) is 5.75 Å². The van der Waals surface area contributed by atoms with Crippen LogP contribution in [0.25, 0.3) is 16.5 Å². The quantitative estimate of drug-likeness (QED) is 0.696. The molecule has 0 saturated heterocycles. The van der Waals surface area contributed by atoms with Crippen molar-refractivity contribution in [2.75, 3.05) is 5.32 Å². The number of phenolic OH excluding ortho intramolecular Hbond substituents is 1. The van der Waals surface area contributed by atoms with E-state index in [4.69, 9.17) is 0 Å². The fraction of sp³-hybridized carbons (Fsp3) is 0.150. The van der Waals surface area contributed by atoms with Crippen molar-refractivity contribution in [3.05, 3.63) is 58.6 Å². The Hall–Kier alpha value is -2.86. The second-order valence-electron chi connectivity index (χ2n) is 6.53. The van der Waals surface area contributed by atoms with Gasteiger partial charge < -0.3 is 10.4 Å². The van der Waals surface area contributed by atoms with Crippen molar-refractivity contribution < 1.29 is 13.5 Å². The predicted molar refractivity (Wildman–Crippen MR) is 103 cm³/mol. The minimum absolute atomic E-state index is 0.162. The zero-order chi connectivity index (χ0) is 18.6. The Morgan fingerprint density at radius 3 is 2.54 bits per heavy atom. The number of anilines is 2. The van der Waals surface area contributed by atoms with Crippen LogP contribution in [0.5, 0.6) is 5.75 Å². The highest BCUT2D eigenvalue weighted by Crippen LogP contribution is 2.41. The van der Waals surface area contributed by atoms with Gasteiger partial charge in [0.1, 0.15) is 5.75 Å². The number of rotatable bonds is 2. The fourth-order valence-electron chi connectivity index (χ4n) is 3.24. The Labute approximate surface area is 151 Å². The number of pyridine rings is 1. The first-order chi connectivity index (χ1) is 12.3. The molecule has 0 spiro atoms. The molecule has 0 unspecified atom stereocenters. The maximum absolute atomic E-state index is 12.7. The minimum atomic E-state index is -3.45. The van der Waals surface area contributed by atoms with Gasteiger partial charge in [0.25, 0.3) is 0 Å². The van der Waals surface area contributed by atoms with Crippen molar-refractivity contribution >= 4 is 37.7 Å². The van der Waals surface area contributed by atoms with Crippen molar-refractivity contribution in [1.29, 1.82) is 0 Å². The molecule has 5 nitrogen and oxygen atoms in total. The van der Waals surface area contributed by atoms with Gasteiger partial charge in [-0.25, -0.2) is 8.42 Å². The third kappa shape index (κ3) is 2.37. The first-order valence-corrected chi connectivity index (χ1v) is 9.69. The van der Waals surface area contributed by atoms with Crippen LogP contribution >= 0.6 is 0 Å². The number of hydrogen-bond acceptors (Lipinski definition) is 5. The number of aromatic hydroxyl groups is 1. The summed E-state index contributed by atoms with van der Waals surface area (Å²) in [6.07, 6.45) is 1.69. The van der Waals surface area contributed by atoms with E-state index >= 15 is 0 Å². The van der Waals surface area contributed by atoms with Crippen LogP contribution in [0.2, 0.25) is 0 Å². The van der Waals surface area contributed by atoms with E-state index in [0.29, 0.717) is 15.4 Å². The highest BCUT2D eigenvalue weighted by Gasteiger charge is 2.31. The molecule has 1 aliphatic heterocycles. The van der Waals surface area contributed by atoms with E-state index in [1.807, 2.05) is 26.0 Å². The second-order valence-corrected chi connectivity index (χ2v) is 8.59. The average molecular weight is 366 g/mol.